The molecule has 0 fully saturated rings. The SMILES string of the molecule is NC(=O)c1ccccc1NC(=O)C(Sc1ccc(NC(=O)c2cccc(Cl)c2)cc1)c1ccccc1. The zero-order chi connectivity index (χ0) is 25.5. The first kappa shape index (κ1) is 25.0. The molecule has 4 N–H and O–H groups in total. The number of halogens is 1. The van der Waals surface area contributed by atoms with E-state index in [0.717, 1.165) is 10.5 Å². The number of hydrogen-bond donors (Lipinski definition) is 3. The van der Waals surface area contributed by atoms with Gasteiger partial charge in [-0.05, 0) is 60.2 Å². The van der Waals surface area contributed by atoms with E-state index in [1.165, 1.54) is 11.8 Å². The van der Waals surface area contributed by atoms with Gasteiger partial charge in [0.2, 0.25) is 5.91 Å². The monoisotopic (exact) mass is 515 g/mol. The number of nitrogens with one attached hydrogen (secondary N) is 2. The minimum absolute atomic E-state index is 0.238. The average molecular weight is 516 g/mol. The minimum Gasteiger partial charge on any atom is -0.366 e. The molecule has 4 aromatic carbocycles. The summed E-state index contributed by atoms with van der Waals surface area (Å²) in [5, 5.41) is 5.57. The Balaban J connectivity index is 1.51. The third kappa shape index (κ3) is 6.33. The summed E-state index contributed by atoms with van der Waals surface area (Å²) in [6.45, 7) is 0. The van der Waals surface area contributed by atoms with Gasteiger partial charge in [-0.1, -0.05) is 60.1 Å². The fraction of sp³-hybridized carbons (Fsp3) is 0.0357. The Bertz CT molecular complexity index is 1390. The van der Waals surface area contributed by atoms with Crippen LogP contribution in [-0.4, -0.2) is 17.7 Å². The topological polar surface area (TPSA) is 101 Å². The minimum atomic E-state index is -0.620. The fourth-order valence-electron chi connectivity index (χ4n) is 3.49. The molecule has 0 saturated carbocycles. The molecule has 0 aliphatic carbocycles. The average Bonchev–Trinajstić information content (AvgIpc) is 2.89. The van der Waals surface area contributed by atoms with Gasteiger partial charge in [-0.25, -0.2) is 0 Å². The van der Waals surface area contributed by atoms with Crippen LogP contribution in [0.4, 0.5) is 11.4 Å². The summed E-state index contributed by atoms with van der Waals surface area (Å²) in [5.41, 5.74) is 7.93. The third-order valence-corrected chi connectivity index (χ3v) is 6.75. The van der Waals surface area contributed by atoms with Crippen molar-refractivity contribution in [1.82, 2.24) is 0 Å². The maximum Gasteiger partial charge on any atom is 0.255 e. The van der Waals surface area contributed by atoms with Crippen LogP contribution in [0, 0.1) is 0 Å². The Kier molecular flexibility index (Phi) is 8.05. The summed E-state index contributed by atoms with van der Waals surface area (Å²) in [7, 11) is 0. The van der Waals surface area contributed by atoms with E-state index in [2.05, 4.69) is 10.6 Å². The summed E-state index contributed by atoms with van der Waals surface area (Å²) >= 11 is 7.32. The van der Waals surface area contributed by atoms with Crippen molar-refractivity contribution in [2.24, 2.45) is 5.73 Å². The Morgan fingerprint density at radius 1 is 0.778 bits per heavy atom. The highest BCUT2D eigenvalue weighted by Gasteiger charge is 2.23. The molecule has 0 spiro atoms. The maximum atomic E-state index is 13.3. The standard InChI is InChI=1S/C28H22ClN3O3S/c29-20-10-6-9-19(17-20)27(34)31-21-13-15-22(16-14-21)36-25(18-7-2-1-3-8-18)28(35)32-24-12-5-4-11-23(24)26(30)33/h1-17,25H,(H2,30,33)(H,31,34)(H,32,35). The van der Waals surface area contributed by atoms with E-state index in [0.29, 0.717) is 22.0 Å². The molecule has 8 heteroatoms. The van der Waals surface area contributed by atoms with Gasteiger partial charge in [-0.15, -0.1) is 11.8 Å². The second-order valence-electron chi connectivity index (χ2n) is 7.80. The van der Waals surface area contributed by atoms with Gasteiger partial charge in [0.25, 0.3) is 11.8 Å². The number of thioether (sulfide) groups is 1. The first-order valence-corrected chi connectivity index (χ1v) is 12.2. The Labute approximate surface area is 217 Å². The van der Waals surface area contributed by atoms with Gasteiger partial charge >= 0.3 is 0 Å². The number of primary amides is 1. The number of rotatable bonds is 8. The van der Waals surface area contributed by atoms with Crippen molar-refractivity contribution >= 4 is 52.5 Å². The molecule has 1 atom stereocenters. The molecule has 0 radical (unpaired) electrons. The van der Waals surface area contributed by atoms with Crippen LogP contribution in [0.5, 0.6) is 0 Å². The van der Waals surface area contributed by atoms with E-state index >= 15 is 0 Å². The number of nitrogens with two attached hydrogens (primary N) is 1. The number of anilines is 2. The van der Waals surface area contributed by atoms with Gasteiger partial charge < -0.3 is 16.4 Å². The van der Waals surface area contributed by atoms with Crippen molar-refractivity contribution in [1.29, 1.82) is 0 Å². The van der Waals surface area contributed by atoms with E-state index in [1.54, 1.807) is 60.7 Å². The molecule has 6 nitrogen and oxygen atoms in total. The lowest BCUT2D eigenvalue weighted by atomic mass is 10.1. The van der Waals surface area contributed by atoms with Crippen molar-refractivity contribution in [2.75, 3.05) is 10.6 Å². The van der Waals surface area contributed by atoms with E-state index in [-0.39, 0.29) is 17.4 Å². The van der Waals surface area contributed by atoms with Crippen molar-refractivity contribution in [3.8, 4) is 0 Å². The summed E-state index contributed by atoms with van der Waals surface area (Å²) in [6.07, 6.45) is 0. The van der Waals surface area contributed by atoms with Gasteiger partial charge in [-0.2, -0.15) is 0 Å². The number of carbonyl (C=O) groups excluding carboxylic acids is 3. The molecular weight excluding hydrogens is 494 g/mol. The van der Waals surface area contributed by atoms with Gasteiger partial charge in [0.05, 0.1) is 11.3 Å². The predicted octanol–water partition coefficient (Wildman–Crippen LogP) is 6.16. The van der Waals surface area contributed by atoms with Crippen LogP contribution < -0.4 is 16.4 Å². The molecule has 0 aromatic heterocycles. The smallest absolute Gasteiger partial charge is 0.255 e. The van der Waals surface area contributed by atoms with Gasteiger partial charge in [-0.3, -0.25) is 14.4 Å². The molecule has 0 aliphatic rings. The van der Waals surface area contributed by atoms with Crippen LogP contribution in [-0.2, 0) is 4.79 Å². The normalized spacial score (nSPS) is 11.4. The van der Waals surface area contributed by atoms with E-state index in [9.17, 15) is 14.4 Å². The number of amides is 3. The number of carbonyl (C=O) groups is 3. The van der Waals surface area contributed by atoms with E-state index in [1.807, 2.05) is 42.5 Å². The van der Waals surface area contributed by atoms with Gasteiger partial charge in [0.1, 0.15) is 5.25 Å². The molecular formula is C28H22ClN3O3S. The molecule has 0 aliphatic heterocycles. The number of benzene rings is 4. The van der Waals surface area contributed by atoms with Crippen LogP contribution in [0.2, 0.25) is 5.02 Å². The quantitative estimate of drug-likeness (QED) is 0.244. The van der Waals surface area contributed by atoms with Crippen LogP contribution in [0.15, 0.2) is 108 Å². The van der Waals surface area contributed by atoms with E-state index < -0.39 is 11.2 Å². The lowest BCUT2D eigenvalue weighted by Crippen LogP contribution is -2.22. The molecule has 4 aromatic rings. The van der Waals surface area contributed by atoms with Crippen molar-refractivity contribution < 1.29 is 14.4 Å². The molecule has 0 bridgehead atoms. The maximum absolute atomic E-state index is 13.3. The van der Waals surface area contributed by atoms with Crippen LogP contribution in [0.3, 0.4) is 0 Å². The van der Waals surface area contributed by atoms with Crippen LogP contribution in [0.1, 0.15) is 31.5 Å². The fourth-order valence-corrected chi connectivity index (χ4v) is 4.71. The zero-order valence-corrected chi connectivity index (χ0v) is 20.6. The van der Waals surface area contributed by atoms with Crippen LogP contribution in [0.25, 0.3) is 0 Å². The molecule has 4 rings (SSSR count). The molecule has 0 heterocycles. The molecule has 180 valence electrons. The van der Waals surface area contributed by atoms with E-state index in [4.69, 9.17) is 17.3 Å². The van der Waals surface area contributed by atoms with Crippen LogP contribution >= 0.6 is 23.4 Å². The van der Waals surface area contributed by atoms with Gasteiger partial charge in [0.15, 0.2) is 0 Å². The van der Waals surface area contributed by atoms with Crippen molar-refractivity contribution in [3.05, 3.63) is 125 Å². The highest BCUT2D eigenvalue weighted by molar-refractivity contribution is 8.00. The predicted molar refractivity (Wildman–Crippen MR) is 144 cm³/mol. The second kappa shape index (κ2) is 11.6. The number of para-hydroxylation sites is 1. The zero-order valence-electron chi connectivity index (χ0n) is 19.0. The van der Waals surface area contributed by atoms with Crippen molar-refractivity contribution in [2.45, 2.75) is 10.1 Å². The van der Waals surface area contributed by atoms with Gasteiger partial charge in [0, 0.05) is 21.2 Å². The summed E-state index contributed by atoms with van der Waals surface area (Å²) in [5.74, 6) is -1.18. The highest BCUT2D eigenvalue weighted by atomic mass is 35.5. The summed E-state index contributed by atoms with van der Waals surface area (Å²) < 4.78 is 0. The summed E-state index contributed by atoms with van der Waals surface area (Å²) in [6, 6.07) is 29.9. The summed E-state index contributed by atoms with van der Waals surface area (Å²) in [4.78, 5) is 38.4. The lowest BCUT2D eigenvalue weighted by molar-refractivity contribution is -0.115. The lowest BCUT2D eigenvalue weighted by Gasteiger charge is -2.18. The largest absolute Gasteiger partial charge is 0.366 e. The second-order valence-corrected chi connectivity index (χ2v) is 9.41. The molecule has 0 saturated heterocycles. The molecule has 36 heavy (non-hydrogen) atoms. The molecule has 1 unspecified atom stereocenters. The Hall–Kier alpha value is -4.07. The Morgan fingerprint density at radius 3 is 2.17 bits per heavy atom. The molecule has 3 amide bonds. The first-order chi connectivity index (χ1) is 17.4. The number of hydrogen-bond acceptors (Lipinski definition) is 4. The third-order valence-electron chi connectivity index (χ3n) is 5.24. The van der Waals surface area contributed by atoms with Crippen molar-refractivity contribution in [3.63, 3.8) is 0 Å². The highest BCUT2D eigenvalue weighted by Crippen LogP contribution is 2.37. The Morgan fingerprint density at radius 2 is 1.47 bits per heavy atom. The first-order valence-electron chi connectivity index (χ1n) is 11.0.